The molecule has 3 unspecified atom stereocenters. The molecule has 1 aliphatic heterocycles. The van der Waals surface area contributed by atoms with E-state index in [0.717, 1.165) is 17.5 Å². The molecule has 476 valence electrons. The summed E-state index contributed by atoms with van der Waals surface area (Å²) in [5, 5.41) is 5.97. The SMILES string of the molecule is CC(C)(C)C1SC(C(C)(C)C)N(C(C)(C)C)C1C(C)(C)C.CC(C)(C)N(CC(=O)N(C(C)(C)C)C(C)(C)C)C(C)(C)C.CC(C)(C)c1nc(C(C)(C)C)c(C(C)(C)C)c(C(C)(C)C)n1.CC(C)(C)c1nc(C(C)(C)C)n(C(C)(C)C)n1. The quantitative estimate of drug-likeness (QED) is 0.294. The van der Waals surface area contributed by atoms with Gasteiger partial charge in [-0.1, -0.05) is 187 Å². The Labute approximate surface area is 510 Å². The first-order chi connectivity index (χ1) is 34.6. The summed E-state index contributed by atoms with van der Waals surface area (Å²) in [6.45, 7) is 101. The van der Waals surface area contributed by atoms with E-state index >= 15 is 0 Å². The van der Waals surface area contributed by atoms with Gasteiger partial charge in [-0.3, -0.25) is 14.6 Å². The second-order valence-electron chi connectivity index (χ2n) is 39.5. The number of rotatable bonds is 2. The molecule has 0 aliphatic carbocycles. The van der Waals surface area contributed by atoms with Gasteiger partial charge in [-0.15, -0.1) is 11.8 Å². The van der Waals surface area contributed by atoms with E-state index in [2.05, 4.69) is 338 Å². The summed E-state index contributed by atoms with van der Waals surface area (Å²) in [6.07, 6.45) is 0. The summed E-state index contributed by atoms with van der Waals surface area (Å²) in [5.41, 5.74) is 4.34. The minimum atomic E-state index is -0.184. The van der Waals surface area contributed by atoms with E-state index in [0.29, 0.717) is 34.0 Å². The van der Waals surface area contributed by atoms with Crippen LogP contribution < -0.4 is 0 Å². The van der Waals surface area contributed by atoms with Gasteiger partial charge >= 0.3 is 0 Å². The average molecular weight is 1150 g/mol. The van der Waals surface area contributed by atoms with Crippen molar-refractivity contribution < 1.29 is 4.79 Å². The maximum Gasteiger partial charge on any atom is 0.237 e. The van der Waals surface area contributed by atoms with Crippen molar-refractivity contribution in [1.29, 1.82) is 0 Å². The molecule has 9 nitrogen and oxygen atoms in total. The largest absolute Gasteiger partial charge is 0.332 e. The van der Waals surface area contributed by atoms with Crippen LogP contribution in [0.2, 0.25) is 0 Å². The van der Waals surface area contributed by atoms with Gasteiger partial charge in [-0.25, -0.2) is 19.6 Å². The van der Waals surface area contributed by atoms with Crippen LogP contribution in [-0.4, -0.2) is 96.2 Å². The highest BCUT2D eigenvalue weighted by Crippen LogP contribution is 2.56. The lowest BCUT2D eigenvalue weighted by Crippen LogP contribution is -2.62. The first-order valence-electron chi connectivity index (χ1n) is 31.1. The Morgan fingerprint density at radius 2 is 0.765 bits per heavy atom. The Morgan fingerprint density at radius 3 is 0.975 bits per heavy atom. The van der Waals surface area contributed by atoms with Crippen molar-refractivity contribution in [2.45, 2.75) is 394 Å². The van der Waals surface area contributed by atoms with Crippen LogP contribution in [0.15, 0.2) is 0 Å². The van der Waals surface area contributed by atoms with Crippen molar-refractivity contribution in [2.24, 2.45) is 16.2 Å². The predicted molar refractivity (Wildman–Crippen MR) is 361 cm³/mol. The number of carbonyl (C=O) groups is 1. The summed E-state index contributed by atoms with van der Waals surface area (Å²) in [7, 11) is 0. The highest BCUT2D eigenvalue weighted by atomic mass is 32.2. The summed E-state index contributed by atoms with van der Waals surface area (Å²) in [4.78, 5) is 35.0. The maximum atomic E-state index is 13.0. The first-order valence-corrected chi connectivity index (χ1v) is 32.1. The van der Waals surface area contributed by atoms with Crippen molar-refractivity contribution in [2.75, 3.05) is 6.54 Å². The molecule has 0 saturated carbocycles. The maximum absolute atomic E-state index is 13.0. The van der Waals surface area contributed by atoms with Gasteiger partial charge < -0.3 is 4.90 Å². The molecule has 10 heteroatoms. The molecule has 2 aromatic heterocycles. The Bertz CT molecular complexity index is 2190. The molecule has 2 aromatic rings. The van der Waals surface area contributed by atoms with Crippen molar-refractivity contribution in [3.63, 3.8) is 0 Å². The van der Waals surface area contributed by atoms with E-state index < -0.39 is 0 Å². The zero-order chi connectivity index (χ0) is 65.8. The van der Waals surface area contributed by atoms with E-state index in [1.807, 2.05) is 4.90 Å². The summed E-state index contributed by atoms with van der Waals surface area (Å²) < 4.78 is 2.08. The lowest BCUT2D eigenvalue weighted by Gasteiger charge is -2.50. The Morgan fingerprint density at radius 1 is 0.407 bits per heavy atom. The molecule has 0 spiro atoms. The summed E-state index contributed by atoms with van der Waals surface area (Å²) >= 11 is 2.22. The number of aromatic nitrogens is 5. The molecular weight excluding hydrogens is 1010 g/mol. The van der Waals surface area contributed by atoms with Crippen molar-refractivity contribution in [3.05, 3.63) is 34.4 Å². The molecular formula is C71H140N8OS. The lowest BCUT2D eigenvalue weighted by molar-refractivity contribution is -0.147. The van der Waals surface area contributed by atoms with Crippen LogP contribution in [0.3, 0.4) is 0 Å². The third-order valence-electron chi connectivity index (χ3n) is 14.2. The molecule has 3 atom stereocenters. The molecule has 3 rings (SSSR count). The molecule has 0 bridgehead atoms. The van der Waals surface area contributed by atoms with E-state index in [1.165, 1.54) is 17.0 Å². The number of carbonyl (C=O) groups excluding carboxylic acids is 1. The van der Waals surface area contributed by atoms with Crippen LogP contribution in [0.4, 0.5) is 0 Å². The van der Waals surface area contributed by atoms with Crippen molar-refractivity contribution in [3.8, 4) is 0 Å². The van der Waals surface area contributed by atoms with Crippen LogP contribution in [0.1, 0.15) is 346 Å². The second kappa shape index (κ2) is 25.0. The average Bonchev–Trinajstić information content (AvgIpc) is 3.80. The topological polar surface area (TPSA) is 83.3 Å². The standard InChI is InChI=1S/C20H36N2.C19H39NS.C18H38N2O.C14H27N3/c1-17(2,3)13-14(18(4,5)6)21-16(20(10,11)12)22-15(13)19(7,8)9;1-16(2,3)13-14(17(4,5)6)21-15(18(7,8)9)20(13)19(10,11)12;1-15(2,3)19(16(4,5)6)13-14(21)20(17(7,8)9)18(10,11)12;1-12(2,3)10-15-11(13(4,5)6)17(16-10)14(7,8)9/h1-12H3;13-15H,1-12H3;13H2,1-12H3;1-9H3. The van der Waals surface area contributed by atoms with Crippen LogP contribution in [0, 0.1) is 16.2 Å². The van der Waals surface area contributed by atoms with E-state index in [-0.39, 0.29) is 77.0 Å². The van der Waals surface area contributed by atoms with E-state index in [1.54, 1.807) is 0 Å². The van der Waals surface area contributed by atoms with Crippen LogP contribution in [-0.2, 0) is 42.8 Å². The number of amides is 1. The second-order valence-corrected chi connectivity index (χ2v) is 40.7. The smallest absolute Gasteiger partial charge is 0.237 e. The molecule has 3 heterocycles. The van der Waals surface area contributed by atoms with Gasteiger partial charge in [0.25, 0.3) is 0 Å². The Kier molecular flexibility index (Phi) is 24.4. The van der Waals surface area contributed by atoms with Crippen molar-refractivity contribution >= 4 is 17.7 Å². The van der Waals surface area contributed by atoms with Crippen LogP contribution in [0.25, 0.3) is 0 Å². The fourth-order valence-electron chi connectivity index (χ4n) is 11.1. The van der Waals surface area contributed by atoms with Crippen molar-refractivity contribution in [1.82, 2.24) is 39.4 Å². The van der Waals surface area contributed by atoms with Gasteiger partial charge in [0, 0.05) is 71.6 Å². The Hall–Kier alpha value is -2.04. The number of nitrogens with zero attached hydrogens (tertiary/aromatic N) is 8. The van der Waals surface area contributed by atoms with Crippen LogP contribution in [0.5, 0.6) is 0 Å². The monoisotopic (exact) mass is 1150 g/mol. The van der Waals surface area contributed by atoms with Gasteiger partial charge in [0.2, 0.25) is 5.91 Å². The highest BCUT2D eigenvalue weighted by Gasteiger charge is 2.56. The molecule has 0 radical (unpaired) electrons. The third kappa shape index (κ3) is 23.0. The van der Waals surface area contributed by atoms with Gasteiger partial charge in [0.05, 0.1) is 28.8 Å². The van der Waals surface area contributed by atoms with Gasteiger partial charge in [0.15, 0.2) is 5.82 Å². The predicted octanol–water partition coefficient (Wildman–Crippen LogP) is 19.6. The van der Waals surface area contributed by atoms with Gasteiger partial charge in [-0.05, 0) is 146 Å². The fourth-order valence-corrected chi connectivity index (χ4v) is 13.5. The molecule has 1 saturated heterocycles. The Balaban J connectivity index is 0.00000106. The summed E-state index contributed by atoms with van der Waals surface area (Å²) in [6, 6.07) is 0.603. The van der Waals surface area contributed by atoms with E-state index in [9.17, 15) is 4.79 Å². The third-order valence-corrected chi connectivity index (χ3v) is 16.7. The number of thioether (sulfide) groups is 1. The normalized spacial score (nSPS) is 18.4. The number of hydrogen-bond acceptors (Lipinski definition) is 8. The lowest BCUT2D eigenvalue weighted by atomic mass is 9.73. The zero-order valence-electron chi connectivity index (χ0n) is 62.8. The van der Waals surface area contributed by atoms with E-state index in [4.69, 9.17) is 20.1 Å². The molecule has 0 N–H and O–H groups in total. The molecule has 1 amide bonds. The van der Waals surface area contributed by atoms with Gasteiger partial charge in [0.1, 0.15) is 11.6 Å². The molecule has 1 aliphatic rings. The molecule has 1 fully saturated rings. The minimum Gasteiger partial charge on any atom is -0.332 e. The highest BCUT2D eigenvalue weighted by molar-refractivity contribution is 8.00. The zero-order valence-corrected chi connectivity index (χ0v) is 63.6. The molecule has 81 heavy (non-hydrogen) atoms. The number of hydrogen-bond donors (Lipinski definition) is 0. The van der Waals surface area contributed by atoms with Crippen LogP contribution >= 0.6 is 11.8 Å². The minimum absolute atomic E-state index is 0.00347. The van der Waals surface area contributed by atoms with Gasteiger partial charge in [-0.2, -0.15) is 5.10 Å². The molecule has 0 aromatic carbocycles. The summed E-state index contributed by atoms with van der Waals surface area (Å²) in [5.74, 6) is 3.14. The fraction of sp³-hybridized carbons (Fsp3) is 0.901. The first kappa shape index (κ1) is 79.0.